The SMILES string of the molecule is CCCCC1=[C]([Hf+2][C]2=C(CCCC)C=CC2)CC=C1.[I-].[I-]. The molecule has 0 N–H and O–H groups in total. The first-order valence-electron chi connectivity index (χ1n) is 7.89. The molecule has 0 saturated heterocycles. The third-order valence-electron chi connectivity index (χ3n) is 3.96. The van der Waals surface area contributed by atoms with Crippen LogP contribution < -0.4 is 48.0 Å². The van der Waals surface area contributed by atoms with Gasteiger partial charge in [0.15, 0.2) is 0 Å². The molecule has 0 fully saturated rings. The summed E-state index contributed by atoms with van der Waals surface area (Å²) < 4.78 is 3.78. The van der Waals surface area contributed by atoms with Crippen LogP contribution in [0.3, 0.4) is 0 Å². The van der Waals surface area contributed by atoms with E-state index in [1.54, 1.807) is 11.1 Å². The van der Waals surface area contributed by atoms with Gasteiger partial charge in [0, 0.05) is 0 Å². The van der Waals surface area contributed by atoms with E-state index in [1.165, 1.54) is 51.4 Å². The Kier molecular flexibility index (Phi) is 13.5. The molecule has 0 spiro atoms. The summed E-state index contributed by atoms with van der Waals surface area (Å²) >= 11 is -0.707. The van der Waals surface area contributed by atoms with Crippen molar-refractivity contribution >= 4 is 0 Å². The van der Waals surface area contributed by atoms with Gasteiger partial charge >= 0.3 is 130 Å². The van der Waals surface area contributed by atoms with Crippen LogP contribution in [0, 0.1) is 0 Å². The van der Waals surface area contributed by atoms with Gasteiger partial charge in [0.1, 0.15) is 0 Å². The van der Waals surface area contributed by atoms with Crippen LogP contribution in [0.4, 0.5) is 0 Å². The van der Waals surface area contributed by atoms with E-state index in [-0.39, 0.29) is 48.0 Å². The van der Waals surface area contributed by atoms with Gasteiger partial charge in [-0.3, -0.25) is 0 Å². The van der Waals surface area contributed by atoms with Gasteiger partial charge in [0.2, 0.25) is 0 Å². The van der Waals surface area contributed by atoms with E-state index in [2.05, 4.69) is 38.2 Å². The number of allylic oxidation sites excluding steroid dienone is 8. The first-order chi connectivity index (χ1) is 9.35. The van der Waals surface area contributed by atoms with E-state index in [0.29, 0.717) is 0 Å². The molecule has 0 aromatic heterocycles. The van der Waals surface area contributed by atoms with Gasteiger partial charge in [0.25, 0.3) is 0 Å². The van der Waals surface area contributed by atoms with Crippen LogP contribution in [0.25, 0.3) is 0 Å². The van der Waals surface area contributed by atoms with E-state index >= 15 is 0 Å². The fourth-order valence-electron chi connectivity index (χ4n) is 2.75. The van der Waals surface area contributed by atoms with Crippen molar-refractivity contribution in [2.45, 2.75) is 65.2 Å². The Labute approximate surface area is 176 Å². The molecule has 3 heteroatoms. The second-order valence-corrected chi connectivity index (χ2v) is 10.8. The van der Waals surface area contributed by atoms with E-state index in [0.717, 1.165) is 0 Å². The quantitative estimate of drug-likeness (QED) is 0.249. The molecule has 0 aromatic carbocycles. The zero-order chi connectivity index (χ0) is 13.5. The van der Waals surface area contributed by atoms with Gasteiger partial charge in [-0.25, -0.2) is 0 Å². The fraction of sp³-hybridized carbons (Fsp3) is 0.556. The molecular weight excluding hydrogens is 648 g/mol. The van der Waals surface area contributed by atoms with Crippen molar-refractivity contribution in [1.82, 2.24) is 0 Å². The molecule has 2 aliphatic carbocycles. The fourth-order valence-corrected chi connectivity index (χ4v) is 8.29. The molecular formula is C18H26HfI2. The molecule has 0 nitrogen and oxygen atoms in total. The summed E-state index contributed by atoms with van der Waals surface area (Å²) in [6.07, 6.45) is 20.3. The molecule has 2 aliphatic rings. The van der Waals surface area contributed by atoms with E-state index in [9.17, 15) is 0 Å². The molecule has 0 unspecified atom stereocenters. The Bertz CT molecular complexity index is 390. The van der Waals surface area contributed by atoms with Gasteiger partial charge in [-0.1, -0.05) is 0 Å². The largest absolute Gasteiger partial charge is 1.00 e. The summed E-state index contributed by atoms with van der Waals surface area (Å²) in [5, 5.41) is 0. The summed E-state index contributed by atoms with van der Waals surface area (Å²) in [5.74, 6) is 0. The molecule has 0 heterocycles. The van der Waals surface area contributed by atoms with Crippen LogP contribution >= 0.6 is 0 Å². The Hall–Kier alpha value is 1.29. The standard InChI is InChI=1S/2C9H13.Hf.2HI/c2*1-2-3-6-9-7-4-5-8-9;;;/h2*4,7H,2-3,5-6H2,1H3;;2*1H/q;;+2;;/p-2. The molecule has 0 amide bonds. The number of hydrogen-bond acceptors (Lipinski definition) is 0. The Morgan fingerprint density at radius 1 is 0.810 bits per heavy atom. The second-order valence-electron chi connectivity index (χ2n) is 5.55. The first-order valence-corrected chi connectivity index (χ1v) is 11.5. The number of halogens is 2. The van der Waals surface area contributed by atoms with Gasteiger partial charge in [-0.2, -0.15) is 0 Å². The molecule has 21 heavy (non-hydrogen) atoms. The van der Waals surface area contributed by atoms with Crippen molar-refractivity contribution < 1.29 is 70.9 Å². The summed E-state index contributed by atoms with van der Waals surface area (Å²) in [6, 6.07) is 0. The van der Waals surface area contributed by atoms with Crippen LogP contribution in [0.15, 0.2) is 42.1 Å². The predicted molar refractivity (Wildman–Crippen MR) is 80.6 cm³/mol. The number of unbranched alkanes of at least 4 members (excludes halogenated alkanes) is 2. The zero-order valence-electron chi connectivity index (χ0n) is 13.2. The van der Waals surface area contributed by atoms with Gasteiger partial charge in [-0.05, 0) is 0 Å². The van der Waals surface area contributed by atoms with E-state index in [4.69, 9.17) is 0 Å². The van der Waals surface area contributed by atoms with Crippen molar-refractivity contribution in [2.24, 2.45) is 0 Å². The summed E-state index contributed by atoms with van der Waals surface area (Å²) in [6.45, 7) is 4.60. The van der Waals surface area contributed by atoms with Crippen LogP contribution in [0.5, 0.6) is 0 Å². The van der Waals surface area contributed by atoms with Crippen molar-refractivity contribution in [3.8, 4) is 0 Å². The van der Waals surface area contributed by atoms with E-state index in [1.807, 2.05) is 6.66 Å². The predicted octanol–water partition coefficient (Wildman–Crippen LogP) is -0.115. The number of rotatable bonds is 8. The smallest absolute Gasteiger partial charge is 1.00 e. The number of hydrogen-bond donors (Lipinski definition) is 0. The minimum atomic E-state index is -0.707. The monoisotopic (exact) mass is 676 g/mol. The molecule has 0 aliphatic heterocycles. The molecule has 0 atom stereocenters. The summed E-state index contributed by atoms with van der Waals surface area (Å²) in [4.78, 5) is 0. The van der Waals surface area contributed by atoms with E-state index < -0.39 is 22.9 Å². The van der Waals surface area contributed by atoms with Crippen LogP contribution in [-0.2, 0) is 22.9 Å². The maximum Gasteiger partial charge on any atom is -1.00 e. The molecule has 2 rings (SSSR count). The molecule has 0 aromatic rings. The van der Waals surface area contributed by atoms with Gasteiger partial charge < -0.3 is 48.0 Å². The minimum Gasteiger partial charge on any atom is -1.00 e. The summed E-state index contributed by atoms with van der Waals surface area (Å²) in [7, 11) is 0. The molecule has 0 saturated carbocycles. The van der Waals surface area contributed by atoms with Crippen LogP contribution in [0.1, 0.15) is 65.2 Å². The third-order valence-corrected chi connectivity index (χ3v) is 9.90. The molecule has 0 radical (unpaired) electrons. The molecule has 0 bridgehead atoms. The zero-order valence-corrected chi connectivity index (χ0v) is 21.1. The average molecular weight is 675 g/mol. The summed E-state index contributed by atoms with van der Waals surface area (Å²) in [5.41, 5.74) is 3.44. The van der Waals surface area contributed by atoms with Crippen LogP contribution in [-0.4, -0.2) is 0 Å². The topological polar surface area (TPSA) is 0 Å². The maximum absolute atomic E-state index is 2.42. The Morgan fingerprint density at radius 2 is 1.24 bits per heavy atom. The second kappa shape index (κ2) is 12.7. The normalized spacial score (nSPS) is 16.1. The van der Waals surface area contributed by atoms with Gasteiger partial charge in [0.05, 0.1) is 0 Å². The average Bonchev–Trinajstić information content (AvgIpc) is 3.04. The van der Waals surface area contributed by atoms with Gasteiger partial charge in [-0.15, -0.1) is 0 Å². The van der Waals surface area contributed by atoms with Crippen molar-refractivity contribution in [2.75, 3.05) is 0 Å². The Morgan fingerprint density at radius 3 is 1.62 bits per heavy atom. The van der Waals surface area contributed by atoms with Crippen molar-refractivity contribution in [3.05, 3.63) is 42.1 Å². The Balaban J connectivity index is 0.00000200. The van der Waals surface area contributed by atoms with Crippen LogP contribution in [0.2, 0.25) is 0 Å². The maximum atomic E-state index is 2.42. The molecule has 116 valence electrons. The minimum absolute atomic E-state index is 0. The third kappa shape index (κ3) is 7.15. The first kappa shape index (κ1) is 22.3. The van der Waals surface area contributed by atoms with Crippen molar-refractivity contribution in [3.63, 3.8) is 0 Å². The van der Waals surface area contributed by atoms with Crippen molar-refractivity contribution in [1.29, 1.82) is 0 Å².